The minimum Gasteiger partial charge on any atom is -0.506 e. The number of likely N-dealkylation sites (N-methyl/N-ethyl adjacent to an activating group) is 1. The second kappa shape index (κ2) is 6.20. The molecule has 0 saturated heterocycles. The molecule has 2 aliphatic rings. The first-order chi connectivity index (χ1) is 14.6. The van der Waals surface area contributed by atoms with E-state index in [-0.39, 0.29) is 5.75 Å². The van der Waals surface area contributed by atoms with E-state index in [1.165, 1.54) is 23.2 Å². The monoisotopic (exact) mass is 400 g/mol. The fraction of sp³-hybridized carbons (Fsp3) is 0.286. The van der Waals surface area contributed by atoms with Crippen molar-refractivity contribution in [2.24, 2.45) is 0 Å². The maximum absolute atomic E-state index is 10.5. The summed E-state index contributed by atoms with van der Waals surface area (Å²) in [5.74, 6) is 0.605. The van der Waals surface area contributed by atoms with E-state index in [9.17, 15) is 5.11 Å². The van der Waals surface area contributed by atoms with Gasteiger partial charge in [0.25, 0.3) is 0 Å². The van der Waals surface area contributed by atoms with Crippen LogP contribution in [-0.4, -0.2) is 63.5 Å². The van der Waals surface area contributed by atoms with Crippen LogP contribution in [0.15, 0.2) is 49.2 Å². The number of pyridine rings is 1. The Hall–Kier alpha value is -3.59. The van der Waals surface area contributed by atoms with Crippen molar-refractivity contribution in [2.45, 2.75) is 24.8 Å². The van der Waals surface area contributed by atoms with Crippen molar-refractivity contribution in [3.63, 3.8) is 0 Å². The van der Waals surface area contributed by atoms with Crippen molar-refractivity contribution in [1.29, 1.82) is 0 Å². The van der Waals surface area contributed by atoms with Gasteiger partial charge in [-0.15, -0.1) is 4.80 Å². The Morgan fingerprint density at radius 1 is 1.10 bits per heavy atom. The number of hydrogen-bond donors (Lipinski definition) is 1. The quantitative estimate of drug-likeness (QED) is 0.564. The third kappa shape index (κ3) is 2.70. The fourth-order valence-electron chi connectivity index (χ4n) is 4.16. The molecule has 0 unspecified atom stereocenters. The van der Waals surface area contributed by atoms with E-state index in [0.29, 0.717) is 28.4 Å². The molecule has 4 aromatic rings. The van der Waals surface area contributed by atoms with E-state index in [0.717, 1.165) is 18.7 Å². The lowest BCUT2D eigenvalue weighted by atomic mass is 9.96. The molecular weight excluding hydrogens is 380 g/mol. The normalized spacial score (nSPS) is 18.1. The first-order valence-corrected chi connectivity index (χ1v) is 9.94. The van der Waals surface area contributed by atoms with Crippen LogP contribution in [0, 0.1) is 0 Å². The fourth-order valence-corrected chi connectivity index (χ4v) is 4.16. The Morgan fingerprint density at radius 2 is 1.90 bits per heavy atom. The molecule has 9 heteroatoms. The molecule has 0 amide bonds. The minimum atomic E-state index is 0.0159. The van der Waals surface area contributed by atoms with E-state index in [4.69, 9.17) is 4.98 Å². The van der Waals surface area contributed by atoms with Gasteiger partial charge in [0.2, 0.25) is 5.78 Å². The minimum absolute atomic E-state index is 0.0159. The van der Waals surface area contributed by atoms with Crippen LogP contribution in [-0.2, 0) is 0 Å². The van der Waals surface area contributed by atoms with Crippen LogP contribution >= 0.6 is 0 Å². The third-order valence-corrected chi connectivity index (χ3v) is 6.17. The van der Waals surface area contributed by atoms with Gasteiger partial charge < -0.3 is 5.11 Å². The molecule has 1 N–H and O–H groups in total. The molecule has 1 fully saturated rings. The average molecular weight is 400 g/mol. The average Bonchev–Trinajstić information content (AvgIpc) is 3.16. The predicted molar refractivity (Wildman–Crippen MR) is 110 cm³/mol. The first kappa shape index (κ1) is 17.3. The lowest BCUT2D eigenvalue weighted by Gasteiger charge is -2.32. The van der Waals surface area contributed by atoms with Crippen LogP contribution < -0.4 is 0 Å². The summed E-state index contributed by atoms with van der Waals surface area (Å²) in [6, 6.07) is 3.61. The van der Waals surface area contributed by atoms with Crippen molar-refractivity contribution < 1.29 is 5.11 Å². The molecule has 0 bridgehead atoms. The molecular formula is C21H20N8O. The van der Waals surface area contributed by atoms with Gasteiger partial charge in [-0.2, -0.15) is 10.2 Å². The Morgan fingerprint density at radius 3 is 2.67 bits per heavy atom. The van der Waals surface area contributed by atoms with Crippen LogP contribution in [0.5, 0.6) is 5.75 Å². The highest BCUT2D eigenvalue weighted by Crippen LogP contribution is 2.49. The van der Waals surface area contributed by atoms with Gasteiger partial charge in [0.05, 0.1) is 24.3 Å². The molecule has 6 rings (SSSR count). The van der Waals surface area contributed by atoms with Gasteiger partial charge >= 0.3 is 0 Å². The summed E-state index contributed by atoms with van der Waals surface area (Å²) in [5.41, 5.74) is 4.13. The van der Waals surface area contributed by atoms with Crippen molar-refractivity contribution in [3.8, 4) is 22.8 Å². The summed E-state index contributed by atoms with van der Waals surface area (Å²) < 4.78 is 1.85. The Balaban J connectivity index is 1.34. The molecule has 9 nitrogen and oxygen atoms in total. The van der Waals surface area contributed by atoms with E-state index in [1.807, 2.05) is 22.9 Å². The Labute approximate surface area is 172 Å². The van der Waals surface area contributed by atoms with E-state index >= 15 is 0 Å². The summed E-state index contributed by atoms with van der Waals surface area (Å²) in [4.78, 5) is 17.6. The zero-order valence-electron chi connectivity index (χ0n) is 16.5. The highest BCUT2D eigenvalue weighted by atomic mass is 16.3. The van der Waals surface area contributed by atoms with Crippen LogP contribution in [0.3, 0.4) is 0 Å². The van der Waals surface area contributed by atoms with Crippen LogP contribution in [0.2, 0.25) is 0 Å². The highest BCUT2D eigenvalue weighted by molar-refractivity contribution is 5.68. The summed E-state index contributed by atoms with van der Waals surface area (Å²) in [7, 11) is 2.20. The third-order valence-electron chi connectivity index (χ3n) is 6.17. The lowest BCUT2D eigenvalue weighted by molar-refractivity contribution is 0.239. The molecule has 0 atom stereocenters. The van der Waals surface area contributed by atoms with Gasteiger partial charge in [-0.3, -0.25) is 9.30 Å². The molecule has 0 aromatic carbocycles. The largest absolute Gasteiger partial charge is 0.506 e. The molecule has 1 aliphatic heterocycles. The molecule has 4 aromatic heterocycles. The zero-order valence-corrected chi connectivity index (χ0v) is 16.5. The SMILES string of the molecule is CN1CC=C(c2ccn3cc(-c4ncc(-n5nccn5)cc4O)nc3n2)CC12CC2. The second-order valence-electron chi connectivity index (χ2n) is 8.04. The number of rotatable bonds is 3. The maximum Gasteiger partial charge on any atom is 0.234 e. The maximum atomic E-state index is 10.5. The standard InChI is InChI=1S/C21H20N8O/c1-27-8-2-14(11-21(27)4-5-21)16-3-9-28-13-17(26-20(28)25-16)19-18(30)10-15(12-22-19)29-23-6-7-24-29/h2-3,6-7,9-10,12-13,30H,4-5,8,11H2,1H3. The van der Waals surface area contributed by atoms with Crippen molar-refractivity contribution >= 4 is 11.4 Å². The van der Waals surface area contributed by atoms with Gasteiger partial charge in [0.1, 0.15) is 22.8 Å². The Kier molecular flexibility index (Phi) is 3.57. The summed E-state index contributed by atoms with van der Waals surface area (Å²) in [6.07, 6.45) is 14.3. The molecule has 30 heavy (non-hydrogen) atoms. The van der Waals surface area contributed by atoms with Crippen molar-refractivity contribution in [1.82, 2.24) is 39.2 Å². The van der Waals surface area contributed by atoms with Crippen LogP contribution in [0.4, 0.5) is 0 Å². The lowest BCUT2D eigenvalue weighted by Crippen LogP contribution is -2.37. The first-order valence-electron chi connectivity index (χ1n) is 9.94. The van der Waals surface area contributed by atoms with Gasteiger partial charge in [0.15, 0.2) is 0 Å². The van der Waals surface area contributed by atoms with E-state index in [1.54, 1.807) is 24.7 Å². The van der Waals surface area contributed by atoms with Crippen LogP contribution in [0.25, 0.3) is 28.4 Å². The van der Waals surface area contributed by atoms with Gasteiger partial charge in [-0.1, -0.05) is 6.08 Å². The summed E-state index contributed by atoms with van der Waals surface area (Å²) in [6.45, 7) is 0.955. The van der Waals surface area contributed by atoms with E-state index < -0.39 is 0 Å². The molecule has 1 spiro atoms. The molecule has 1 saturated carbocycles. The number of nitrogens with zero attached hydrogens (tertiary/aromatic N) is 8. The molecule has 150 valence electrons. The molecule has 5 heterocycles. The van der Waals surface area contributed by atoms with Gasteiger partial charge in [-0.05, 0) is 37.9 Å². The number of imidazole rings is 1. The van der Waals surface area contributed by atoms with Gasteiger partial charge in [0, 0.05) is 30.5 Å². The smallest absolute Gasteiger partial charge is 0.234 e. The number of aromatic nitrogens is 7. The number of fused-ring (bicyclic) bond motifs is 1. The van der Waals surface area contributed by atoms with Crippen molar-refractivity contribution in [3.05, 3.63) is 54.9 Å². The zero-order chi connectivity index (χ0) is 20.3. The van der Waals surface area contributed by atoms with Crippen molar-refractivity contribution in [2.75, 3.05) is 13.6 Å². The molecule has 1 aliphatic carbocycles. The number of aromatic hydroxyl groups is 1. The second-order valence-corrected chi connectivity index (χ2v) is 8.04. The number of hydrogen-bond acceptors (Lipinski definition) is 7. The summed E-state index contributed by atoms with van der Waals surface area (Å²) >= 11 is 0. The predicted octanol–water partition coefficient (Wildman–Crippen LogP) is 2.33. The highest BCUT2D eigenvalue weighted by Gasteiger charge is 2.48. The molecule has 0 radical (unpaired) electrons. The van der Waals surface area contributed by atoms with E-state index in [2.05, 4.69) is 38.2 Å². The van der Waals surface area contributed by atoms with Crippen LogP contribution in [0.1, 0.15) is 25.0 Å². The topological polar surface area (TPSA) is 97.3 Å². The summed E-state index contributed by atoms with van der Waals surface area (Å²) in [5, 5.41) is 18.6. The van der Waals surface area contributed by atoms with Gasteiger partial charge in [-0.25, -0.2) is 15.0 Å². The Bertz CT molecular complexity index is 1290.